The molecule has 1 saturated carbocycles. The first kappa shape index (κ1) is 14.1. The number of hydrogen-bond acceptors (Lipinski definition) is 5. The number of hydrogen-bond donors (Lipinski definition) is 2. The molecule has 5 nitrogen and oxygen atoms in total. The zero-order valence-electron chi connectivity index (χ0n) is 12.1. The van der Waals surface area contributed by atoms with Gasteiger partial charge in [-0.25, -0.2) is 9.97 Å². The molecule has 0 aliphatic heterocycles. The molecule has 1 aliphatic carbocycles. The van der Waals surface area contributed by atoms with Crippen molar-refractivity contribution in [3.63, 3.8) is 0 Å². The van der Waals surface area contributed by atoms with Crippen LogP contribution in [0.2, 0.25) is 0 Å². The van der Waals surface area contributed by atoms with Gasteiger partial charge in [0.2, 0.25) is 0 Å². The number of nitrogens with one attached hydrogen (secondary N) is 2. The maximum absolute atomic E-state index is 5.25. The summed E-state index contributed by atoms with van der Waals surface area (Å²) in [5, 5.41) is 6.57. The number of rotatable bonds is 8. The maximum Gasteiger partial charge on any atom is 0.136 e. The van der Waals surface area contributed by atoms with Crippen LogP contribution < -0.4 is 10.6 Å². The van der Waals surface area contributed by atoms with Crippen molar-refractivity contribution in [1.29, 1.82) is 0 Å². The Bertz CT molecular complexity index is 400. The highest BCUT2D eigenvalue weighted by Crippen LogP contribution is 2.38. The maximum atomic E-state index is 5.25. The Kier molecular flexibility index (Phi) is 4.96. The monoisotopic (exact) mass is 264 g/mol. The van der Waals surface area contributed by atoms with Crippen LogP contribution in [-0.2, 0) is 4.74 Å². The third-order valence-electron chi connectivity index (χ3n) is 3.30. The lowest BCUT2D eigenvalue weighted by Crippen LogP contribution is -2.25. The van der Waals surface area contributed by atoms with Crippen molar-refractivity contribution in [1.82, 2.24) is 9.97 Å². The van der Waals surface area contributed by atoms with Gasteiger partial charge in [0.1, 0.15) is 17.5 Å². The summed E-state index contributed by atoms with van der Waals surface area (Å²) in [6, 6.07) is 2.27. The fourth-order valence-corrected chi connectivity index (χ4v) is 2.15. The molecule has 0 amide bonds. The largest absolute Gasteiger partial charge is 0.383 e. The normalized spacial score (nSPS) is 16.2. The molecule has 0 spiro atoms. The predicted molar refractivity (Wildman–Crippen MR) is 77.7 cm³/mol. The Labute approximate surface area is 115 Å². The van der Waals surface area contributed by atoms with Crippen LogP contribution in [0.5, 0.6) is 0 Å². The molecule has 1 aliphatic rings. The average molecular weight is 264 g/mol. The molecule has 19 heavy (non-hydrogen) atoms. The minimum atomic E-state index is 0.307. The van der Waals surface area contributed by atoms with Gasteiger partial charge in [-0.2, -0.15) is 0 Å². The average Bonchev–Trinajstić information content (AvgIpc) is 3.23. The molecule has 1 heterocycles. The Morgan fingerprint density at radius 3 is 2.68 bits per heavy atom. The summed E-state index contributed by atoms with van der Waals surface area (Å²) >= 11 is 0. The lowest BCUT2D eigenvalue weighted by molar-refractivity contribution is 0.182. The van der Waals surface area contributed by atoms with Gasteiger partial charge in [-0.3, -0.25) is 0 Å². The highest BCUT2D eigenvalue weighted by Gasteiger charge is 2.27. The smallest absolute Gasteiger partial charge is 0.136 e. The van der Waals surface area contributed by atoms with Crippen molar-refractivity contribution in [3.05, 3.63) is 11.9 Å². The molecule has 1 unspecified atom stereocenters. The summed E-state index contributed by atoms with van der Waals surface area (Å²) in [5.74, 6) is 3.30. The fraction of sp³-hybridized carbons (Fsp3) is 0.714. The van der Waals surface area contributed by atoms with Gasteiger partial charge < -0.3 is 15.4 Å². The van der Waals surface area contributed by atoms with E-state index in [1.54, 1.807) is 7.11 Å². The second-order valence-corrected chi connectivity index (χ2v) is 5.11. The van der Waals surface area contributed by atoms with E-state index in [0.717, 1.165) is 30.3 Å². The number of methoxy groups -OCH3 is 1. The van der Waals surface area contributed by atoms with Crippen LogP contribution in [0.25, 0.3) is 0 Å². The molecule has 0 bridgehead atoms. The molecule has 106 valence electrons. The molecule has 2 N–H and O–H groups in total. The molecule has 5 heteroatoms. The number of ether oxygens (including phenoxy) is 1. The first-order chi connectivity index (χ1) is 9.26. The van der Waals surface area contributed by atoms with E-state index in [4.69, 9.17) is 4.74 Å². The van der Waals surface area contributed by atoms with Crippen molar-refractivity contribution in [3.8, 4) is 0 Å². The van der Waals surface area contributed by atoms with Gasteiger partial charge in [0.05, 0.1) is 12.6 Å². The second kappa shape index (κ2) is 6.70. The molecule has 1 fully saturated rings. The molecule has 0 radical (unpaired) electrons. The summed E-state index contributed by atoms with van der Waals surface area (Å²) < 4.78 is 5.25. The van der Waals surface area contributed by atoms with Gasteiger partial charge >= 0.3 is 0 Å². The van der Waals surface area contributed by atoms with Gasteiger partial charge in [-0.05, 0) is 19.3 Å². The molecule has 1 atom stereocenters. The van der Waals surface area contributed by atoms with Gasteiger partial charge in [0.25, 0.3) is 0 Å². The highest BCUT2D eigenvalue weighted by atomic mass is 16.5. The zero-order chi connectivity index (χ0) is 13.7. The summed E-state index contributed by atoms with van der Waals surface area (Å²) in [7, 11) is 3.63. The van der Waals surface area contributed by atoms with Crippen LogP contribution in [0, 0.1) is 0 Å². The van der Waals surface area contributed by atoms with E-state index < -0.39 is 0 Å². The van der Waals surface area contributed by atoms with Crippen LogP contribution in [-0.4, -0.2) is 36.8 Å². The summed E-state index contributed by atoms with van der Waals surface area (Å²) in [5.41, 5.74) is 0. The van der Waals surface area contributed by atoms with E-state index in [-0.39, 0.29) is 0 Å². The first-order valence-corrected chi connectivity index (χ1v) is 7.09. The van der Waals surface area contributed by atoms with Gasteiger partial charge in [-0.15, -0.1) is 0 Å². The van der Waals surface area contributed by atoms with E-state index >= 15 is 0 Å². The number of nitrogens with zero attached hydrogens (tertiary/aromatic N) is 2. The van der Waals surface area contributed by atoms with Crippen LogP contribution in [0.1, 0.15) is 44.3 Å². The van der Waals surface area contributed by atoms with Crippen LogP contribution in [0.3, 0.4) is 0 Å². The van der Waals surface area contributed by atoms with Crippen molar-refractivity contribution in [2.24, 2.45) is 0 Å². The topological polar surface area (TPSA) is 59.1 Å². The summed E-state index contributed by atoms with van der Waals surface area (Å²) in [4.78, 5) is 9.15. The lowest BCUT2D eigenvalue weighted by Gasteiger charge is -2.18. The van der Waals surface area contributed by atoms with Crippen LogP contribution in [0.15, 0.2) is 6.07 Å². The van der Waals surface area contributed by atoms with Crippen molar-refractivity contribution in [2.45, 2.75) is 44.6 Å². The lowest BCUT2D eigenvalue weighted by atomic mass is 10.2. The highest BCUT2D eigenvalue weighted by molar-refractivity contribution is 5.48. The fourth-order valence-electron chi connectivity index (χ4n) is 2.15. The van der Waals surface area contributed by atoms with E-state index in [2.05, 4.69) is 27.5 Å². The number of anilines is 2. The third kappa shape index (κ3) is 4.06. The summed E-state index contributed by atoms with van der Waals surface area (Å²) in [6.07, 6.45) is 4.62. The van der Waals surface area contributed by atoms with Crippen LogP contribution in [0.4, 0.5) is 11.6 Å². The molecular weight excluding hydrogens is 240 g/mol. The molecule has 0 saturated heterocycles. The van der Waals surface area contributed by atoms with E-state index in [1.165, 1.54) is 12.8 Å². The quantitative estimate of drug-likeness (QED) is 0.756. The molecule has 1 aromatic rings. The second-order valence-electron chi connectivity index (χ2n) is 5.11. The zero-order valence-corrected chi connectivity index (χ0v) is 12.1. The minimum Gasteiger partial charge on any atom is -0.383 e. The van der Waals surface area contributed by atoms with Crippen molar-refractivity contribution >= 4 is 11.6 Å². The van der Waals surface area contributed by atoms with E-state index in [0.29, 0.717) is 18.6 Å². The van der Waals surface area contributed by atoms with E-state index in [1.807, 2.05) is 13.1 Å². The SMILES string of the molecule is CCCC(COC)Nc1cc(NC)nc(C2CC2)n1. The standard InChI is InChI=1S/C14H24N4O/c1-4-5-11(9-19-3)16-13-8-12(15-2)17-14(18-13)10-6-7-10/h8,10-11H,4-7,9H2,1-3H3,(H2,15,16,17,18). The van der Waals surface area contributed by atoms with Crippen LogP contribution >= 0.6 is 0 Å². The van der Waals surface area contributed by atoms with Crippen molar-refractivity contribution < 1.29 is 4.74 Å². The minimum absolute atomic E-state index is 0.307. The number of aromatic nitrogens is 2. The van der Waals surface area contributed by atoms with Gasteiger partial charge in [-0.1, -0.05) is 13.3 Å². The Morgan fingerprint density at radius 1 is 1.37 bits per heavy atom. The first-order valence-electron chi connectivity index (χ1n) is 7.09. The molecule has 1 aromatic heterocycles. The van der Waals surface area contributed by atoms with E-state index in [9.17, 15) is 0 Å². The molecule has 2 rings (SSSR count). The Balaban J connectivity index is 2.10. The third-order valence-corrected chi connectivity index (χ3v) is 3.30. The molecular formula is C14H24N4O. The van der Waals surface area contributed by atoms with Gasteiger partial charge in [0.15, 0.2) is 0 Å². The predicted octanol–water partition coefficient (Wildman–Crippen LogP) is 2.62. The van der Waals surface area contributed by atoms with Gasteiger partial charge in [0, 0.05) is 26.1 Å². The summed E-state index contributed by atoms with van der Waals surface area (Å²) in [6.45, 7) is 2.88. The van der Waals surface area contributed by atoms with Crippen molar-refractivity contribution in [2.75, 3.05) is 31.4 Å². The molecule has 0 aromatic carbocycles. The Morgan fingerprint density at radius 2 is 2.11 bits per heavy atom. The Hall–Kier alpha value is -1.36.